The number of hydrogen-bond donors (Lipinski definition) is 1. The lowest BCUT2D eigenvalue weighted by Crippen LogP contribution is -2.45. The number of amides is 2. The summed E-state index contributed by atoms with van der Waals surface area (Å²) in [5, 5.41) is 2.95. The van der Waals surface area contributed by atoms with E-state index in [1.807, 2.05) is 23.1 Å². The highest BCUT2D eigenvalue weighted by atomic mass is 16.7. The van der Waals surface area contributed by atoms with Crippen LogP contribution in [0.1, 0.15) is 44.1 Å². The smallest absolute Gasteiger partial charge is 0.238 e. The lowest BCUT2D eigenvalue weighted by atomic mass is 10.0. The molecule has 1 N–H and O–H groups in total. The molecule has 0 atom stereocenters. The third-order valence-corrected chi connectivity index (χ3v) is 5.38. The molecule has 134 valence electrons. The second-order valence-electron chi connectivity index (χ2n) is 7.16. The number of rotatable bonds is 4. The molecule has 3 aliphatic rings. The Morgan fingerprint density at radius 3 is 2.48 bits per heavy atom. The second kappa shape index (κ2) is 6.58. The Balaban J connectivity index is 1.37. The first kappa shape index (κ1) is 16.2. The fraction of sp³-hybridized carbons (Fsp3) is 0.579. The van der Waals surface area contributed by atoms with Crippen molar-refractivity contribution in [3.63, 3.8) is 0 Å². The van der Waals surface area contributed by atoms with Crippen LogP contribution in [0, 0.1) is 5.41 Å². The van der Waals surface area contributed by atoms with Crippen LogP contribution in [0.5, 0.6) is 11.5 Å². The monoisotopic (exact) mass is 344 g/mol. The molecule has 6 heteroatoms. The highest BCUT2D eigenvalue weighted by Gasteiger charge is 2.57. The van der Waals surface area contributed by atoms with Crippen molar-refractivity contribution in [1.82, 2.24) is 10.2 Å². The fourth-order valence-corrected chi connectivity index (χ4v) is 3.64. The van der Waals surface area contributed by atoms with Crippen molar-refractivity contribution in [2.24, 2.45) is 5.41 Å². The summed E-state index contributed by atoms with van der Waals surface area (Å²) in [7, 11) is 0. The quantitative estimate of drug-likeness (QED) is 0.851. The molecule has 1 aliphatic carbocycles. The Bertz CT molecular complexity index is 676. The van der Waals surface area contributed by atoms with E-state index in [0.717, 1.165) is 37.2 Å². The molecule has 6 nitrogen and oxygen atoms in total. The molecule has 1 aromatic carbocycles. The van der Waals surface area contributed by atoms with Crippen LogP contribution < -0.4 is 14.8 Å². The molecule has 2 aliphatic heterocycles. The van der Waals surface area contributed by atoms with Crippen molar-refractivity contribution in [3.05, 3.63) is 23.8 Å². The third kappa shape index (κ3) is 3.17. The van der Waals surface area contributed by atoms with E-state index in [9.17, 15) is 9.59 Å². The summed E-state index contributed by atoms with van der Waals surface area (Å²) in [6, 6.07) is 5.63. The largest absolute Gasteiger partial charge is 0.454 e. The normalized spacial score (nSPS) is 20.7. The van der Waals surface area contributed by atoms with E-state index < -0.39 is 5.41 Å². The van der Waals surface area contributed by atoms with Crippen LogP contribution in [0.2, 0.25) is 0 Å². The fourth-order valence-electron chi connectivity index (χ4n) is 3.64. The number of likely N-dealkylation sites (tertiary alicyclic amines) is 1. The summed E-state index contributed by atoms with van der Waals surface area (Å²) >= 11 is 0. The van der Waals surface area contributed by atoms with Crippen molar-refractivity contribution in [2.45, 2.75) is 45.1 Å². The van der Waals surface area contributed by atoms with Gasteiger partial charge in [-0.1, -0.05) is 18.9 Å². The van der Waals surface area contributed by atoms with Crippen molar-refractivity contribution >= 4 is 11.8 Å². The minimum Gasteiger partial charge on any atom is -0.454 e. The maximum atomic E-state index is 12.9. The van der Waals surface area contributed by atoms with Gasteiger partial charge in [-0.05, 0) is 43.4 Å². The average Bonchev–Trinajstić information content (AvgIpc) is 3.38. The van der Waals surface area contributed by atoms with Crippen LogP contribution in [0.4, 0.5) is 0 Å². The SMILES string of the molecule is O=C(NCc1ccc2c(c1)OCO2)C1(C(=O)N2CCCCCC2)CC1. The molecule has 1 aromatic rings. The number of fused-ring (bicyclic) bond motifs is 1. The molecule has 25 heavy (non-hydrogen) atoms. The van der Waals surface area contributed by atoms with Gasteiger partial charge in [0.1, 0.15) is 5.41 Å². The summed E-state index contributed by atoms with van der Waals surface area (Å²) in [4.78, 5) is 27.5. The summed E-state index contributed by atoms with van der Waals surface area (Å²) < 4.78 is 10.7. The van der Waals surface area contributed by atoms with Crippen molar-refractivity contribution in [2.75, 3.05) is 19.9 Å². The molecule has 0 unspecified atom stereocenters. The molecular formula is C19H24N2O4. The van der Waals surface area contributed by atoms with Gasteiger partial charge >= 0.3 is 0 Å². The first-order chi connectivity index (χ1) is 12.2. The number of carbonyl (C=O) groups excluding carboxylic acids is 2. The third-order valence-electron chi connectivity index (χ3n) is 5.38. The van der Waals surface area contributed by atoms with Crippen LogP contribution >= 0.6 is 0 Å². The zero-order chi connectivity index (χ0) is 17.3. The maximum Gasteiger partial charge on any atom is 0.238 e. The Labute approximate surface area is 147 Å². The van der Waals surface area contributed by atoms with E-state index >= 15 is 0 Å². The molecule has 2 amide bonds. The first-order valence-corrected chi connectivity index (χ1v) is 9.15. The maximum absolute atomic E-state index is 12.9. The Hall–Kier alpha value is -2.24. The van der Waals surface area contributed by atoms with E-state index in [2.05, 4.69) is 5.32 Å². The minimum atomic E-state index is -0.819. The zero-order valence-corrected chi connectivity index (χ0v) is 14.4. The van der Waals surface area contributed by atoms with E-state index in [1.165, 1.54) is 12.8 Å². The number of nitrogens with zero attached hydrogens (tertiary/aromatic N) is 1. The molecule has 0 radical (unpaired) electrons. The van der Waals surface area contributed by atoms with Crippen molar-refractivity contribution < 1.29 is 19.1 Å². The number of carbonyl (C=O) groups is 2. The van der Waals surface area contributed by atoms with Crippen LogP contribution in [-0.4, -0.2) is 36.6 Å². The Morgan fingerprint density at radius 2 is 1.76 bits per heavy atom. The Morgan fingerprint density at radius 1 is 1.04 bits per heavy atom. The number of hydrogen-bond acceptors (Lipinski definition) is 4. The predicted molar refractivity (Wildman–Crippen MR) is 91.1 cm³/mol. The summed E-state index contributed by atoms with van der Waals surface area (Å²) in [5.74, 6) is 1.32. The van der Waals surface area contributed by atoms with Gasteiger partial charge in [-0.25, -0.2) is 0 Å². The summed E-state index contributed by atoms with van der Waals surface area (Å²) in [6.45, 7) is 2.20. The number of benzene rings is 1. The molecule has 0 aromatic heterocycles. The van der Waals surface area contributed by atoms with Crippen molar-refractivity contribution in [1.29, 1.82) is 0 Å². The molecule has 0 bridgehead atoms. The molecule has 2 fully saturated rings. The second-order valence-corrected chi connectivity index (χ2v) is 7.16. The molecule has 4 rings (SSSR count). The zero-order valence-electron chi connectivity index (χ0n) is 14.4. The summed E-state index contributed by atoms with van der Waals surface area (Å²) in [6.07, 6.45) is 5.76. The van der Waals surface area contributed by atoms with E-state index in [4.69, 9.17) is 9.47 Å². The lowest BCUT2D eigenvalue weighted by Gasteiger charge is -2.25. The van der Waals surface area contributed by atoms with Crippen molar-refractivity contribution in [3.8, 4) is 11.5 Å². The van der Waals surface area contributed by atoms with Crippen LogP contribution in [0.15, 0.2) is 18.2 Å². The van der Waals surface area contributed by atoms with Gasteiger partial charge in [0.05, 0.1) is 0 Å². The number of nitrogens with one attached hydrogen (secondary N) is 1. The van der Waals surface area contributed by atoms with Gasteiger partial charge in [-0.2, -0.15) is 0 Å². The molecule has 1 saturated heterocycles. The molecule has 1 saturated carbocycles. The number of ether oxygens (including phenoxy) is 2. The van der Waals surface area contributed by atoms with Crippen LogP contribution in [0.3, 0.4) is 0 Å². The van der Waals surface area contributed by atoms with E-state index in [-0.39, 0.29) is 18.6 Å². The van der Waals surface area contributed by atoms with Gasteiger partial charge in [0.15, 0.2) is 11.5 Å². The first-order valence-electron chi connectivity index (χ1n) is 9.15. The summed E-state index contributed by atoms with van der Waals surface area (Å²) in [5.41, 5.74) is 0.122. The van der Waals surface area contributed by atoms with Gasteiger partial charge in [-0.3, -0.25) is 9.59 Å². The molecular weight excluding hydrogens is 320 g/mol. The van der Waals surface area contributed by atoms with E-state index in [0.29, 0.717) is 25.1 Å². The van der Waals surface area contributed by atoms with Gasteiger partial charge in [0.25, 0.3) is 0 Å². The van der Waals surface area contributed by atoms with Gasteiger partial charge in [-0.15, -0.1) is 0 Å². The predicted octanol–water partition coefficient (Wildman–Crippen LogP) is 2.21. The molecule has 0 spiro atoms. The van der Waals surface area contributed by atoms with Gasteiger partial charge in [0, 0.05) is 19.6 Å². The molecule has 2 heterocycles. The van der Waals surface area contributed by atoms with E-state index in [1.54, 1.807) is 0 Å². The highest BCUT2D eigenvalue weighted by molar-refractivity contribution is 6.07. The van der Waals surface area contributed by atoms with Gasteiger partial charge in [0.2, 0.25) is 18.6 Å². The standard InChI is InChI=1S/C19H24N2O4/c22-17(20-12-14-5-6-15-16(11-14)25-13-24-15)19(7-8-19)18(23)21-9-3-1-2-4-10-21/h5-6,11H,1-4,7-10,12-13H2,(H,20,22). The lowest BCUT2D eigenvalue weighted by molar-refractivity contribution is -0.144. The average molecular weight is 344 g/mol. The van der Waals surface area contributed by atoms with Gasteiger partial charge < -0.3 is 19.7 Å². The van der Waals surface area contributed by atoms with Crippen LogP contribution in [-0.2, 0) is 16.1 Å². The Kier molecular flexibility index (Phi) is 4.27. The minimum absolute atomic E-state index is 0.0255. The highest BCUT2D eigenvalue weighted by Crippen LogP contribution is 2.48. The topological polar surface area (TPSA) is 67.9 Å². The van der Waals surface area contributed by atoms with Crippen LogP contribution in [0.25, 0.3) is 0 Å².